The van der Waals surface area contributed by atoms with Gasteiger partial charge in [0.15, 0.2) is 5.78 Å². The van der Waals surface area contributed by atoms with Gasteiger partial charge >= 0.3 is 0 Å². The summed E-state index contributed by atoms with van der Waals surface area (Å²) in [6.07, 6.45) is 4.26. The summed E-state index contributed by atoms with van der Waals surface area (Å²) < 4.78 is 0. The highest BCUT2D eigenvalue weighted by Crippen LogP contribution is 2.47. The molecule has 1 aromatic rings. The van der Waals surface area contributed by atoms with Crippen LogP contribution in [0.15, 0.2) is 23.1 Å². The Morgan fingerprint density at radius 2 is 2.24 bits per heavy atom. The van der Waals surface area contributed by atoms with Crippen LogP contribution in [-0.4, -0.2) is 18.1 Å². The van der Waals surface area contributed by atoms with E-state index in [1.165, 1.54) is 22.6 Å². The van der Waals surface area contributed by atoms with Gasteiger partial charge in [-0.1, -0.05) is 6.07 Å². The van der Waals surface area contributed by atoms with Crippen LogP contribution in [0.5, 0.6) is 0 Å². The minimum atomic E-state index is -0.212. The third-order valence-electron chi connectivity index (χ3n) is 3.90. The average Bonchev–Trinajstić information content (AvgIpc) is 3.18. The second kappa shape index (κ2) is 4.14. The summed E-state index contributed by atoms with van der Waals surface area (Å²) in [4.78, 5) is 13.7. The molecule has 1 aromatic carbocycles. The zero-order valence-electron chi connectivity index (χ0n) is 9.87. The number of fused-ring (bicyclic) bond motifs is 1. The van der Waals surface area contributed by atoms with Gasteiger partial charge in [0.1, 0.15) is 0 Å². The summed E-state index contributed by atoms with van der Waals surface area (Å²) in [7, 11) is 0. The predicted molar refractivity (Wildman–Crippen MR) is 70.5 cm³/mol. The Morgan fingerprint density at radius 3 is 2.94 bits per heavy atom. The Morgan fingerprint density at radius 1 is 1.41 bits per heavy atom. The Bertz CT molecular complexity index is 465. The van der Waals surface area contributed by atoms with Crippen LogP contribution in [0.2, 0.25) is 0 Å². The van der Waals surface area contributed by atoms with Gasteiger partial charge in [-0.25, -0.2) is 0 Å². The van der Waals surface area contributed by atoms with Gasteiger partial charge in [0, 0.05) is 22.4 Å². The van der Waals surface area contributed by atoms with Gasteiger partial charge < -0.3 is 5.73 Å². The first kappa shape index (κ1) is 11.3. The molecule has 1 heterocycles. The molecule has 3 heteroatoms. The van der Waals surface area contributed by atoms with Crippen molar-refractivity contribution >= 4 is 17.5 Å². The number of carbonyl (C=O) groups excluding carboxylic acids is 1. The van der Waals surface area contributed by atoms with E-state index in [4.69, 9.17) is 5.73 Å². The van der Waals surface area contributed by atoms with Crippen molar-refractivity contribution in [2.24, 2.45) is 11.1 Å². The SMILES string of the molecule is NCC1(C(=O)c2ccc3c(c2)CCCS3)CC1. The molecule has 0 amide bonds. The molecule has 1 aliphatic carbocycles. The first-order chi connectivity index (χ1) is 8.25. The average molecular weight is 247 g/mol. The van der Waals surface area contributed by atoms with Crippen LogP contribution in [0.1, 0.15) is 35.2 Å². The van der Waals surface area contributed by atoms with Crippen LogP contribution < -0.4 is 5.73 Å². The van der Waals surface area contributed by atoms with Crippen molar-refractivity contribution in [3.8, 4) is 0 Å². The minimum Gasteiger partial charge on any atom is -0.329 e. The Hall–Kier alpha value is -0.800. The number of hydrogen-bond donors (Lipinski definition) is 1. The lowest BCUT2D eigenvalue weighted by Gasteiger charge is -2.17. The van der Waals surface area contributed by atoms with Crippen molar-refractivity contribution in [1.82, 2.24) is 0 Å². The summed E-state index contributed by atoms with van der Waals surface area (Å²) in [5.41, 5.74) is 7.72. The van der Waals surface area contributed by atoms with Gasteiger partial charge in [-0.2, -0.15) is 0 Å². The molecule has 0 saturated heterocycles. The van der Waals surface area contributed by atoms with E-state index in [1.54, 1.807) is 0 Å². The third kappa shape index (κ3) is 1.91. The molecular formula is C14H17NOS. The molecule has 2 nitrogen and oxygen atoms in total. The van der Waals surface area contributed by atoms with E-state index in [0.29, 0.717) is 6.54 Å². The summed E-state index contributed by atoms with van der Waals surface area (Å²) in [5.74, 6) is 1.46. The number of thioether (sulfide) groups is 1. The second-order valence-corrected chi connectivity index (χ2v) is 6.22. The smallest absolute Gasteiger partial charge is 0.170 e. The number of aryl methyl sites for hydroxylation is 1. The normalized spacial score (nSPS) is 20.8. The zero-order chi connectivity index (χ0) is 11.9. The summed E-state index contributed by atoms with van der Waals surface area (Å²) in [5, 5.41) is 0. The molecule has 17 heavy (non-hydrogen) atoms. The van der Waals surface area contributed by atoms with Crippen LogP contribution >= 0.6 is 11.8 Å². The van der Waals surface area contributed by atoms with Gasteiger partial charge in [0.05, 0.1) is 0 Å². The summed E-state index contributed by atoms with van der Waals surface area (Å²) in [6.45, 7) is 0.498. The number of hydrogen-bond acceptors (Lipinski definition) is 3. The van der Waals surface area contributed by atoms with Crippen LogP contribution in [0.3, 0.4) is 0 Å². The number of ketones is 1. The van der Waals surface area contributed by atoms with E-state index in [2.05, 4.69) is 12.1 Å². The highest BCUT2D eigenvalue weighted by atomic mass is 32.2. The van der Waals surface area contributed by atoms with E-state index < -0.39 is 0 Å². The fourth-order valence-electron chi connectivity index (χ4n) is 2.48. The molecule has 2 aliphatic rings. The lowest BCUT2D eigenvalue weighted by molar-refractivity contribution is 0.0905. The van der Waals surface area contributed by atoms with Crippen LogP contribution in [0, 0.1) is 5.41 Å². The van der Waals surface area contributed by atoms with Crippen molar-refractivity contribution in [1.29, 1.82) is 0 Å². The van der Waals surface area contributed by atoms with Crippen molar-refractivity contribution in [3.05, 3.63) is 29.3 Å². The van der Waals surface area contributed by atoms with E-state index in [9.17, 15) is 4.79 Å². The largest absolute Gasteiger partial charge is 0.329 e. The van der Waals surface area contributed by atoms with Crippen LogP contribution in [0.25, 0.3) is 0 Å². The summed E-state index contributed by atoms with van der Waals surface area (Å²) in [6, 6.07) is 6.19. The van der Waals surface area contributed by atoms with E-state index in [1.807, 2.05) is 17.8 Å². The van der Waals surface area contributed by atoms with Crippen LogP contribution in [0.4, 0.5) is 0 Å². The van der Waals surface area contributed by atoms with Crippen molar-refractivity contribution in [2.45, 2.75) is 30.6 Å². The minimum absolute atomic E-state index is 0.212. The standard InChI is InChI=1S/C14H17NOS/c15-9-14(5-6-14)13(16)11-3-4-12-10(8-11)2-1-7-17-12/h3-4,8H,1-2,5-7,9,15H2. The number of Topliss-reactive ketones (excluding diaryl/α,β-unsaturated/α-hetero) is 1. The molecule has 0 unspecified atom stereocenters. The molecule has 0 atom stereocenters. The first-order valence-corrected chi connectivity index (χ1v) is 7.24. The van der Waals surface area contributed by atoms with Crippen LogP contribution in [-0.2, 0) is 6.42 Å². The fourth-order valence-corrected chi connectivity index (χ4v) is 3.50. The lowest BCUT2D eigenvalue weighted by Crippen LogP contribution is -2.25. The van der Waals surface area contributed by atoms with Gasteiger partial charge in [0.2, 0.25) is 0 Å². The van der Waals surface area contributed by atoms with Crippen molar-refractivity contribution in [2.75, 3.05) is 12.3 Å². The van der Waals surface area contributed by atoms with E-state index in [0.717, 1.165) is 24.8 Å². The molecule has 0 bridgehead atoms. The number of rotatable bonds is 3. The maximum Gasteiger partial charge on any atom is 0.170 e. The van der Waals surface area contributed by atoms with E-state index in [-0.39, 0.29) is 11.2 Å². The maximum atomic E-state index is 12.4. The second-order valence-electron chi connectivity index (χ2n) is 5.09. The highest BCUT2D eigenvalue weighted by molar-refractivity contribution is 7.99. The van der Waals surface area contributed by atoms with E-state index >= 15 is 0 Å². The highest BCUT2D eigenvalue weighted by Gasteiger charge is 2.48. The monoisotopic (exact) mass is 247 g/mol. The number of benzene rings is 1. The Balaban J connectivity index is 1.91. The Labute approximate surface area is 106 Å². The maximum absolute atomic E-state index is 12.4. The van der Waals surface area contributed by atoms with Crippen molar-refractivity contribution in [3.63, 3.8) is 0 Å². The molecule has 0 spiro atoms. The summed E-state index contributed by atoms with van der Waals surface area (Å²) >= 11 is 1.90. The first-order valence-electron chi connectivity index (χ1n) is 6.26. The van der Waals surface area contributed by atoms with Crippen molar-refractivity contribution < 1.29 is 4.79 Å². The molecule has 3 rings (SSSR count). The quantitative estimate of drug-likeness (QED) is 0.835. The molecule has 1 saturated carbocycles. The molecular weight excluding hydrogens is 230 g/mol. The lowest BCUT2D eigenvalue weighted by atomic mass is 9.93. The van der Waals surface area contributed by atoms with Gasteiger partial charge in [-0.15, -0.1) is 11.8 Å². The topological polar surface area (TPSA) is 43.1 Å². The van der Waals surface area contributed by atoms with Gasteiger partial charge in [-0.3, -0.25) is 4.79 Å². The number of nitrogens with two attached hydrogens (primary N) is 1. The fraction of sp³-hybridized carbons (Fsp3) is 0.500. The van der Waals surface area contributed by atoms with Gasteiger partial charge in [0.25, 0.3) is 0 Å². The molecule has 1 fully saturated rings. The molecule has 0 radical (unpaired) electrons. The van der Waals surface area contributed by atoms with Gasteiger partial charge in [-0.05, 0) is 49.1 Å². The third-order valence-corrected chi connectivity index (χ3v) is 5.10. The molecule has 90 valence electrons. The zero-order valence-corrected chi connectivity index (χ0v) is 10.7. The molecule has 0 aromatic heterocycles. The predicted octanol–water partition coefficient (Wildman–Crippen LogP) is 2.65. The Kier molecular flexibility index (Phi) is 2.75. The number of carbonyl (C=O) groups is 1. The molecule has 2 N–H and O–H groups in total. The molecule has 1 aliphatic heterocycles.